The summed E-state index contributed by atoms with van der Waals surface area (Å²) in [6, 6.07) is 5.21. The van der Waals surface area contributed by atoms with Gasteiger partial charge in [-0.15, -0.1) is 0 Å². The van der Waals surface area contributed by atoms with Crippen molar-refractivity contribution in [2.45, 2.75) is 50.8 Å². The average molecular weight is 363 g/mol. The standard InChI is InChI=1S/C16H23ClO5.CH4O/c1-16(2)21-14(15(9-19)22-16)8-13(20)12-4-3-11(17)7-10(12)5-6-18;1-2/h3-4,7,13-15,18-20H,5-6,8-9H2,1-2H3;2H,1H3. The zero-order valence-electron chi connectivity index (χ0n) is 14.3. The van der Waals surface area contributed by atoms with Crippen LogP contribution in [-0.4, -0.2) is 58.7 Å². The number of benzene rings is 1. The van der Waals surface area contributed by atoms with E-state index in [2.05, 4.69) is 0 Å². The summed E-state index contributed by atoms with van der Waals surface area (Å²) in [6.45, 7) is 3.38. The van der Waals surface area contributed by atoms with Crippen LogP contribution in [0.2, 0.25) is 5.02 Å². The Morgan fingerprint density at radius 2 is 1.79 bits per heavy atom. The summed E-state index contributed by atoms with van der Waals surface area (Å²) in [7, 11) is 1.00. The third-order valence-electron chi connectivity index (χ3n) is 3.77. The zero-order chi connectivity index (χ0) is 18.3. The van der Waals surface area contributed by atoms with Crippen molar-refractivity contribution in [1.82, 2.24) is 0 Å². The molecular formula is C17H27ClO6. The number of hydrogen-bond acceptors (Lipinski definition) is 6. The van der Waals surface area contributed by atoms with Crippen LogP contribution < -0.4 is 0 Å². The predicted octanol–water partition coefficient (Wildman–Crippen LogP) is 1.42. The predicted molar refractivity (Wildman–Crippen MR) is 90.9 cm³/mol. The number of hydrogen-bond donors (Lipinski definition) is 4. The van der Waals surface area contributed by atoms with Crippen LogP contribution in [0.5, 0.6) is 0 Å². The molecule has 1 aromatic carbocycles. The Kier molecular flexibility index (Phi) is 8.59. The van der Waals surface area contributed by atoms with E-state index in [0.717, 1.165) is 12.7 Å². The van der Waals surface area contributed by atoms with Crippen LogP contribution in [0.15, 0.2) is 18.2 Å². The molecule has 1 fully saturated rings. The average Bonchev–Trinajstić information content (AvgIpc) is 2.83. The van der Waals surface area contributed by atoms with E-state index in [-0.39, 0.29) is 13.2 Å². The van der Waals surface area contributed by atoms with Gasteiger partial charge in [0.15, 0.2) is 5.79 Å². The van der Waals surface area contributed by atoms with Crippen LogP contribution in [0.1, 0.15) is 37.5 Å². The summed E-state index contributed by atoms with van der Waals surface area (Å²) in [5, 5.41) is 36.6. The Morgan fingerprint density at radius 3 is 2.38 bits per heavy atom. The first kappa shape index (κ1) is 21.3. The SMILES string of the molecule is CC1(C)OC(CO)C(CC(O)c2ccc(Cl)cc2CCO)O1.CO. The highest BCUT2D eigenvalue weighted by Crippen LogP contribution is 2.34. The summed E-state index contributed by atoms with van der Waals surface area (Å²) >= 11 is 5.97. The topological polar surface area (TPSA) is 99.4 Å². The Morgan fingerprint density at radius 1 is 1.17 bits per heavy atom. The second-order valence-corrected chi connectivity index (χ2v) is 6.40. The molecule has 0 radical (unpaired) electrons. The lowest BCUT2D eigenvalue weighted by Crippen LogP contribution is -2.28. The quantitative estimate of drug-likeness (QED) is 0.611. The van der Waals surface area contributed by atoms with E-state index in [1.807, 2.05) is 0 Å². The van der Waals surface area contributed by atoms with E-state index in [0.29, 0.717) is 23.4 Å². The Labute approximate surface area is 147 Å². The molecule has 0 saturated carbocycles. The first-order valence-electron chi connectivity index (χ1n) is 7.84. The summed E-state index contributed by atoms with van der Waals surface area (Å²) in [5.74, 6) is -0.772. The Balaban J connectivity index is 0.00000139. The van der Waals surface area contributed by atoms with Gasteiger partial charge < -0.3 is 29.9 Å². The molecule has 0 amide bonds. The molecule has 0 aliphatic carbocycles. The summed E-state index contributed by atoms with van der Waals surface area (Å²) in [5.41, 5.74) is 1.52. The van der Waals surface area contributed by atoms with Crippen LogP contribution in [0.25, 0.3) is 0 Å². The third kappa shape index (κ3) is 5.67. The van der Waals surface area contributed by atoms with E-state index >= 15 is 0 Å². The third-order valence-corrected chi connectivity index (χ3v) is 4.00. The molecule has 3 unspecified atom stereocenters. The lowest BCUT2D eigenvalue weighted by atomic mass is 9.95. The van der Waals surface area contributed by atoms with Crippen molar-refractivity contribution >= 4 is 11.6 Å². The number of aliphatic hydroxyl groups excluding tert-OH is 4. The molecule has 24 heavy (non-hydrogen) atoms. The molecule has 6 nitrogen and oxygen atoms in total. The van der Waals surface area contributed by atoms with Crippen molar-refractivity contribution in [2.75, 3.05) is 20.3 Å². The number of halogens is 1. The van der Waals surface area contributed by atoms with Gasteiger partial charge in [0.2, 0.25) is 0 Å². The van der Waals surface area contributed by atoms with Gasteiger partial charge in [0.05, 0.1) is 18.8 Å². The van der Waals surface area contributed by atoms with Gasteiger partial charge in [0.1, 0.15) is 6.10 Å². The van der Waals surface area contributed by atoms with E-state index in [4.69, 9.17) is 31.3 Å². The van der Waals surface area contributed by atoms with E-state index in [9.17, 15) is 10.2 Å². The Hall–Kier alpha value is -0.730. The maximum atomic E-state index is 10.5. The van der Waals surface area contributed by atoms with Crippen LogP contribution in [0.3, 0.4) is 0 Å². The fourth-order valence-electron chi connectivity index (χ4n) is 2.85. The zero-order valence-corrected chi connectivity index (χ0v) is 15.0. The molecule has 1 aliphatic heterocycles. The second-order valence-electron chi connectivity index (χ2n) is 5.96. The molecule has 4 N–H and O–H groups in total. The van der Waals surface area contributed by atoms with E-state index < -0.39 is 24.1 Å². The molecule has 1 saturated heterocycles. The van der Waals surface area contributed by atoms with Crippen molar-refractivity contribution in [3.8, 4) is 0 Å². The van der Waals surface area contributed by atoms with E-state index in [1.54, 1.807) is 32.0 Å². The first-order chi connectivity index (χ1) is 11.4. The number of ether oxygens (including phenoxy) is 2. The molecule has 1 heterocycles. The molecule has 2 rings (SSSR count). The molecule has 0 spiro atoms. The largest absolute Gasteiger partial charge is 0.400 e. The normalized spacial score (nSPS) is 23.5. The van der Waals surface area contributed by atoms with Gasteiger partial charge >= 0.3 is 0 Å². The summed E-state index contributed by atoms with van der Waals surface area (Å²) in [6.07, 6.45) is -0.917. The molecule has 138 valence electrons. The highest BCUT2D eigenvalue weighted by atomic mass is 35.5. The van der Waals surface area contributed by atoms with Crippen LogP contribution in [0, 0.1) is 0 Å². The molecule has 3 atom stereocenters. The van der Waals surface area contributed by atoms with Crippen molar-refractivity contribution in [3.63, 3.8) is 0 Å². The van der Waals surface area contributed by atoms with Crippen LogP contribution in [0.4, 0.5) is 0 Å². The highest BCUT2D eigenvalue weighted by Gasteiger charge is 2.41. The minimum atomic E-state index is -0.782. The maximum absolute atomic E-state index is 10.5. The van der Waals surface area contributed by atoms with E-state index in [1.165, 1.54) is 0 Å². The Bertz CT molecular complexity index is 508. The smallest absolute Gasteiger partial charge is 0.163 e. The van der Waals surface area contributed by atoms with Gasteiger partial charge in [-0.2, -0.15) is 0 Å². The molecule has 0 bridgehead atoms. The van der Waals surface area contributed by atoms with Crippen molar-refractivity contribution < 1.29 is 29.9 Å². The number of aliphatic hydroxyl groups is 4. The van der Waals surface area contributed by atoms with Gasteiger partial charge in [-0.3, -0.25) is 0 Å². The lowest BCUT2D eigenvalue weighted by Gasteiger charge is -2.21. The molecule has 7 heteroatoms. The minimum absolute atomic E-state index is 0.0185. The summed E-state index contributed by atoms with van der Waals surface area (Å²) in [4.78, 5) is 0. The molecular weight excluding hydrogens is 336 g/mol. The van der Waals surface area contributed by atoms with Crippen molar-refractivity contribution in [2.24, 2.45) is 0 Å². The van der Waals surface area contributed by atoms with Crippen molar-refractivity contribution in [1.29, 1.82) is 0 Å². The first-order valence-corrected chi connectivity index (χ1v) is 8.22. The van der Waals surface area contributed by atoms with Gasteiger partial charge in [0.25, 0.3) is 0 Å². The van der Waals surface area contributed by atoms with Crippen LogP contribution in [-0.2, 0) is 15.9 Å². The lowest BCUT2D eigenvalue weighted by molar-refractivity contribution is -0.150. The fraction of sp³-hybridized carbons (Fsp3) is 0.647. The highest BCUT2D eigenvalue weighted by molar-refractivity contribution is 6.30. The monoisotopic (exact) mass is 362 g/mol. The number of rotatable bonds is 6. The van der Waals surface area contributed by atoms with Crippen molar-refractivity contribution in [3.05, 3.63) is 34.3 Å². The van der Waals surface area contributed by atoms with Gasteiger partial charge in [-0.05, 0) is 43.5 Å². The summed E-state index contributed by atoms with van der Waals surface area (Å²) < 4.78 is 11.4. The van der Waals surface area contributed by atoms with Gasteiger partial charge in [-0.25, -0.2) is 0 Å². The molecule has 1 aromatic rings. The molecule has 0 aromatic heterocycles. The fourth-order valence-corrected chi connectivity index (χ4v) is 3.04. The minimum Gasteiger partial charge on any atom is -0.400 e. The van der Waals surface area contributed by atoms with Crippen LogP contribution >= 0.6 is 11.6 Å². The second kappa shape index (κ2) is 9.68. The van der Waals surface area contributed by atoms with Gasteiger partial charge in [-0.1, -0.05) is 17.7 Å². The van der Waals surface area contributed by atoms with Gasteiger partial charge in [0, 0.05) is 25.2 Å². The molecule has 1 aliphatic rings. The maximum Gasteiger partial charge on any atom is 0.163 e.